The first-order chi connectivity index (χ1) is 18.5. The molecule has 39 heavy (non-hydrogen) atoms. The number of carbonyl (C=O) groups excluding carboxylic acids is 2. The van der Waals surface area contributed by atoms with Gasteiger partial charge in [-0.25, -0.2) is 0 Å². The van der Waals surface area contributed by atoms with Crippen molar-refractivity contribution in [3.8, 4) is 0 Å². The van der Waals surface area contributed by atoms with Crippen LogP contribution in [0.2, 0.25) is 5.02 Å². The number of anilines is 1. The average molecular weight is 557 g/mol. The predicted molar refractivity (Wildman–Crippen MR) is 142 cm³/mol. The smallest absolute Gasteiger partial charge is 0.352 e. The Hall–Kier alpha value is -3.43. The van der Waals surface area contributed by atoms with E-state index in [-0.39, 0.29) is 29.7 Å². The monoisotopic (exact) mass is 556 g/mol. The van der Waals surface area contributed by atoms with E-state index < -0.39 is 11.7 Å². The highest BCUT2D eigenvalue weighted by atomic mass is 35.5. The average Bonchev–Trinajstić information content (AvgIpc) is 3.39. The third kappa shape index (κ3) is 5.65. The van der Waals surface area contributed by atoms with Crippen LogP contribution >= 0.6 is 11.6 Å². The van der Waals surface area contributed by atoms with Gasteiger partial charge in [0, 0.05) is 36.5 Å². The largest absolute Gasteiger partial charge is 0.416 e. The first-order valence-corrected chi connectivity index (χ1v) is 13.2. The Bertz CT molecular complexity index is 1410. The lowest BCUT2D eigenvalue weighted by molar-refractivity contribution is -0.137. The molecule has 1 unspecified atom stereocenters. The molecule has 0 spiro atoms. The molecule has 1 aromatic heterocycles. The minimum atomic E-state index is -4.37. The van der Waals surface area contributed by atoms with Crippen LogP contribution in [-0.2, 0) is 24.1 Å². The second-order valence-electron chi connectivity index (χ2n) is 10.4. The topological polar surface area (TPSA) is 74.3 Å². The van der Waals surface area contributed by atoms with Crippen LogP contribution < -0.4 is 10.6 Å². The van der Waals surface area contributed by atoms with Crippen LogP contribution in [-0.4, -0.2) is 28.2 Å². The summed E-state index contributed by atoms with van der Waals surface area (Å²) < 4.78 is 38.8. The van der Waals surface area contributed by atoms with Crippen LogP contribution in [0.15, 0.2) is 54.7 Å². The van der Waals surface area contributed by atoms with Crippen molar-refractivity contribution in [3.05, 3.63) is 93.3 Å². The van der Waals surface area contributed by atoms with Gasteiger partial charge in [-0.05, 0) is 65.4 Å². The van der Waals surface area contributed by atoms with Gasteiger partial charge in [0.05, 0.1) is 28.8 Å². The quantitative estimate of drug-likeness (QED) is 0.357. The Morgan fingerprint density at radius 3 is 2.62 bits per heavy atom. The molecule has 0 fully saturated rings. The van der Waals surface area contributed by atoms with Gasteiger partial charge in [-0.1, -0.05) is 37.6 Å². The number of carbonyl (C=O) groups is 2. The summed E-state index contributed by atoms with van der Waals surface area (Å²) in [6.07, 6.45) is -2.38. The van der Waals surface area contributed by atoms with E-state index in [1.54, 1.807) is 24.4 Å². The van der Waals surface area contributed by atoms with Crippen molar-refractivity contribution in [2.24, 2.45) is 5.92 Å². The number of pyridine rings is 1. The molecule has 3 heterocycles. The number of halogens is 4. The van der Waals surface area contributed by atoms with Gasteiger partial charge in [0.1, 0.15) is 0 Å². The third-order valence-electron chi connectivity index (χ3n) is 7.29. The number of alkyl halides is 3. The number of benzene rings is 2. The molecule has 0 aliphatic carbocycles. The Morgan fingerprint density at radius 1 is 1.18 bits per heavy atom. The van der Waals surface area contributed by atoms with E-state index in [0.29, 0.717) is 36.6 Å². The van der Waals surface area contributed by atoms with E-state index in [4.69, 9.17) is 11.6 Å². The summed E-state index contributed by atoms with van der Waals surface area (Å²) in [6.45, 7) is 5.45. The number of amides is 2. The maximum Gasteiger partial charge on any atom is 0.416 e. The molecule has 3 aromatic rings. The Balaban J connectivity index is 1.24. The molecule has 0 bridgehead atoms. The summed E-state index contributed by atoms with van der Waals surface area (Å²) in [5, 5.41) is 6.28. The van der Waals surface area contributed by atoms with Gasteiger partial charge in [0.2, 0.25) is 5.91 Å². The number of hydrogen-bond donors (Lipinski definition) is 2. The minimum absolute atomic E-state index is 0.0211. The lowest BCUT2D eigenvalue weighted by Crippen LogP contribution is -2.27. The molecule has 2 aliphatic rings. The predicted octanol–water partition coefficient (Wildman–Crippen LogP) is 6.32. The molecule has 0 saturated carbocycles. The second-order valence-corrected chi connectivity index (χ2v) is 10.8. The molecule has 2 aromatic carbocycles. The molecule has 0 saturated heterocycles. The van der Waals surface area contributed by atoms with Crippen LogP contribution in [0.3, 0.4) is 0 Å². The zero-order chi connectivity index (χ0) is 27.9. The van der Waals surface area contributed by atoms with Crippen LogP contribution in [0, 0.1) is 5.92 Å². The summed E-state index contributed by atoms with van der Waals surface area (Å²) in [5.41, 5.74) is 3.90. The standard InChI is InChI=1S/C29H28ClF3N4O2/c1-16(2)26-25-19(15-37(26)14-17-3-5-20(6-4-17)29(31,32)33)11-18(13-35-25)27(38)34-10-9-22-23-12-21(30)7-8-24(23)36-28(22)39/h3-8,11-13,16,22,26H,9-10,14-15H2,1-2H3,(H,34,38)(H,36,39)/t22?,26-/m0/s1. The van der Waals surface area contributed by atoms with Gasteiger partial charge in [-0.15, -0.1) is 0 Å². The van der Waals surface area contributed by atoms with Crippen molar-refractivity contribution < 1.29 is 22.8 Å². The van der Waals surface area contributed by atoms with Gasteiger partial charge < -0.3 is 10.6 Å². The van der Waals surface area contributed by atoms with Gasteiger partial charge in [-0.2, -0.15) is 13.2 Å². The first kappa shape index (κ1) is 27.1. The van der Waals surface area contributed by atoms with Crippen molar-refractivity contribution in [1.29, 1.82) is 0 Å². The third-order valence-corrected chi connectivity index (χ3v) is 7.53. The number of nitrogens with one attached hydrogen (secondary N) is 2. The van der Waals surface area contributed by atoms with E-state index in [1.807, 2.05) is 6.07 Å². The fourth-order valence-electron chi connectivity index (χ4n) is 5.47. The number of rotatable bonds is 7. The van der Waals surface area contributed by atoms with Crippen LogP contribution in [0.5, 0.6) is 0 Å². The zero-order valence-electron chi connectivity index (χ0n) is 21.5. The molecule has 2 amide bonds. The molecule has 2 aliphatic heterocycles. The highest BCUT2D eigenvalue weighted by molar-refractivity contribution is 6.31. The van der Waals surface area contributed by atoms with Gasteiger partial charge in [0.15, 0.2) is 0 Å². The fourth-order valence-corrected chi connectivity index (χ4v) is 5.65. The molecule has 5 rings (SSSR count). The van der Waals surface area contributed by atoms with Gasteiger partial charge >= 0.3 is 6.18 Å². The zero-order valence-corrected chi connectivity index (χ0v) is 22.2. The molecule has 204 valence electrons. The van der Waals surface area contributed by atoms with Gasteiger partial charge in [-0.3, -0.25) is 19.5 Å². The number of fused-ring (bicyclic) bond motifs is 2. The van der Waals surface area contributed by atoms with Crippen LogP contribution in [0.4, 0.5) is 18.9 Å². The van der Waals surface area contributed by atoms with E-state index in [0.717, 1.165) is 40.2 Å². The summed E-state index contributed by atoms with van der Waals surface area (Å²) in [7, 11) is 0. The van der Waals surface area contributed by atoms with E-state index >= 15 is 0 Å². The molecule has 2 N–H and O–H groups in total. The van der Waals surface area contributed by atoms with E-state index in [2.05, 4.69) is 34.4 Å². The highest BCUT2D eigenvalue weighted by Gasteiger charge is 2.35. The first-order valence-electron chi connectivity index (χ1n) is 12.8. The lowest BCUT2D eigenvalue weighted by Gasteiger charge is -2.27. The summed E-state index contributed by atoms with van der Waals surface area (Å²) in [5.74, 6) is -0.574. The van der Waals surface area contributed by atoms with Crippen LogP contribution in [0.25, 0.3) is 0 Å². The van der Waals surface area contributed by atoms with Crippen LogP contribution in [0.1, 0.15) is 70.5 Å². The highest BCUT2D eigenvalue weighted by Crippen LogP contribution is 2.39. The Morgan fingerprint density at radius 2 is 1.92 bits per heavy atom. The molecular formula is C29H28ClF3N4O2. The van der Waals surface area contributed by atoms with Crippen molar-refractivity contribution in [1.82, 2.24) is 15.2 Å². The van der Waals surface area contributed by atoms with Crippen molar-refractivity contribution >= 4 is 29.1 Å². The number of aromatic nitrogens is 1. The second kappa shape index (κ2) is 10.6. The molecule has 10 heteroatoms. The van der Waals surface area contributed by atoms with E-state index in [1.165, 1.54) is 12.1 Å². The van der Waals surface area contributed by atoms with Gasteiger partial charge in [0.25, 0.3) is 5.91 Å². The number of nitrogens with zero attached hydrogens (tertiary/aromatic N) is 2. The fraction of sp³-hybridized carbons (Fsp3) is 0.345. The summed E-state index contributed by atoms with van der Waals surface area (Å²) >= 11 is 6.09. The molecule has 0 radical (unpaired) electrons. The summed E-state index contributed by atoms with van der Waals surface area (Å²) in [6, 6.07) is 12.3. The minimum Gasteiger partial charge on any atom is -0.352 e. The maximum absolute atomic E-state index is 12.9. The van der Waals surface area contributed by atoms with Crippen molar-refractivity contribution in [2.75, 3.05) is 11.9 Å². The van der Waals surface area contributed by atoms with Crippen molar-refractivity contribution in [3.63, 3.8) is 0 Å². The van der Waals surface area contributed by atoms with E-state index in [9.17, 15) is 22.8 Å². The Labute approximate surface area is 229 Å². The number of hydrogen-bond acceptors (Lipinski definition) is 4. The lowest BCUT2D eigenvalue weighted by atomic mass is 9.97. The SMILES string of the molecule is CC(C)[C@H]1c2ncc(C(=O)NCCC3C(=O)Nc4ccc(Cl)cc43)cc2CN1Cc1ccc(C(F)(F)F)cc1. The van der Waals surface area contributed by atoms with Crippen molar-refractivity contribution in [2.45, 2.75) is 51.5 Å². The normalized spacial score (nSPS) is 18.7. The summed E-state index contributed by atoms with van der Waals surface area (Å²) in [4.78, 5) is 32.1. The Kier molecular flexibility index (Phi) is 7.39. The molecule has 2 atom stereocenters. The maximum atomic E-state index is 12.9. The molecule has 6 nitrogen and oxygen atoms in total. The molecular weight excluding hydrogens is 529 g/mol.